The van der Waals surface area contributed by atoms with Gasteiger partial charge in [-0.2, -0.15) is 0 Å². The number of rotatable bonds is 4. The largest absolute Gasteiger partial charge is 0.480 e. The Morgan fingerprint density at radius 3 is 2.54 bits per heavy atom. The Morgan fingerprint density at radius 1 is 1.35 bits per heavy atom. The molecule has 0 saturated heterocycles. The van der Waals surface area contributed by atoms with E-state index in [1.807, 2.05) is 13.0 Å². The number of hydrogen-bond acceptors (Lipinski definition) is 4. The molecule has 0 bridgehead atoms. The van der Waals surface area contributed by atoms with Crippen molar-refractivity contribution in [3.63, 3.8) is 0 Å². The van der Waals surface area contributed by atoms with Crippen LogP contribution in [-0.2, 0) is 20.7 Å². The molecule has 7 nitrogen and oxygen atoms in total. The van der Waals surface area contributed by atoms with Crippen LogP contribution in [0.15, 0.2) is 18.2 Å². The van der Waals surface area contributed by atoms with Crippen molar-refractivity contribution < 1.29 is 24.2 Å². The molecule has 0 radical (unpaired) electrons. The summed E-state index contributed by atoms with van der Waals surface area (Å²) >= 11 is 0. The molecule has 142 valence electrons. The summed E-state index contributed by atoms with van der Waals surface area (Å²) in [5.74, 6) is -1.52. The maximum atomic E-state index is 13.1. The molecule has 0 spiro atoms. The second-order valence-electron chi connectivity index (χ2n) is 7.45. The average molecular weight is 362 g/mol. The third-order valence-corrected chi connectivity index (χ3v) is 4.27. The fraction of sp³-hybridized carbons (Fsp3) is 0.526. The van der Waals surface area contributed by atoms with Gasteiger partial charge in [-0.1, -0.05) is 19.1 Å². The molecule has 1 aromatic rings. The summed E-state index contributed by atoms with van der Waals surface area (Å²) in [4.78, 5) is 38.1. The van der Waals surface area contributed by atoms with Crippen LogP contribution in [0.2, 0.25) is 0 Å². The Morgan fingerprint density at radius 2 is 2.00 bits per heavy atom. The lowest BCUT2D eigenvalue weighted by atomic mass is 10.0. The van der Waals surface area contributed by atoms with Crippen LogP contribution in [-0.4, -0.2) is 40.8 Å². The molecule has 26 heavy (non-hydrogen) atoms. The molecule has 0 fully saturated rings. The van der Waals surface area contributed by atoms with E-state index in [-0.39, 0.29) is 6.42 Å². The van der Waals surface area contributed by atoms with E-state index in [1.165, 1.54) is 4.90 Å². The molecule has 1 aliphatic rings. The number of nitrogens with one attached hydrogen (secondary N) is 1. The van der Waals surface area contributed by atoms with Crippen LogP contribution >= 0.6 is 0 Å². The summed E-state index contributed by atoms with van der Waals surface area (Å²) < 4.78 is 5.21. The lowest BCUT2D eigenvalue weighted by Gasteiger charge is -2.28. The Kier molecular flexibility index (Phi) is 5.59. The zero-order valence-electron chi connectivity index (χ0n) is 15.8. The van der Waals surface area contributed by atoms with Crippen molar-refractivity contribution in [1.82, 2.24) is 5.32 Å². The highest BCUT2D eigenvalue weighted by Crippen LogP contribution is 2.35. The van der Waals surface area contributed by atoms with E-state index in [1.54, 1.807) is 39.8 Å². The van der Waals surface area contributed by atoms with Gasteiger partial charge in [0.2, 0.25) is 0 Å². The number of nitrogens with zero attached hydrogens (tertiary/aromatic N) is 1. The number of ether oxygens (including phenoxy) is 1. The molecular formula is C19H26N2O5. The van der Waals surface area contributed by atoms with Crippen LogP contribution in [0, 0.1) is 6.92 Å². The third-order valence-electron chi connectivity index (χ3n) is 4.27. The molecule has 2 atom stereocenters. The molecule has 0 aromatic heterocycles. The molecule has 1 unspecified atom stereocenters. The molecule has 2 rings (SSSR count). The van der Waals surface area contributed by atoms with Gasteiger partial charge in [0, 0.05) is 12.1 Å². The molecule has 2 N–H and O–H groups in total. The first kappa shape index (κ1) is 19.8. The lowest BCUT2D eigenvalue weighted by Crippen LogP contribution is -2.53. The number of benzene rings is 1. The van der Waals surface area contributed by atoms with Gasteiger partial charge in [0.05, 0.1) is 0 Å². The highest BCUT2D eigenvalue weighted by molar-refractivity contribution is 6.05. The smallest absolute Gasteiger partial charge is 0.408 e. The van der Waals surface area contributed by atoms with E-state index in [9.17, 15) is 19.5 Å². The molecule has 1 aromatic carbocycles. The standard InChI is InChI=1S/C19H26N2O5/c1-6-13(20-18(25)26-19(3,4)5)16(22)21-14-9-7-8-11(2)12(14)10-15(21)17(23)24/h7-9,13,15H,6,10H2,1-5H3,(H,20,25)(H,23,24)/t13-,15?/m0/s1. The van der Waals surface area contributed by atoms with Gasteiger partial charge in [0.15, 0.2) is 0 Å². The van der Waals surface area contributed by atoms with Crippen molar-refractivity contribution in [2.45, 2.75) is 65.1 Å². The van der Waals surface area contributed by atoms with Gasteiger partial charge in [0.25, 0.3) is 5.91 Å². The number of hydrogen-bond donors (Lipinski definition) is 2. The van der Waals surface area contributed by atoms with Gasteiger partial charge in [-0.05, 0) is 51.3 Å². The maximum absolute atomic E-state index is 13.1. The predicted octanol–water partition coefficient (Wildman–Crippen LogP) is 2.64. The minimum absolute atomic E-state index is 0.256. The highest BCUT2D eigenvalue weighted by atomic mass is 16.6. The number of carbonyl (C=O) groups is 3. The van der Waals surface area contributed by atoms with Crippen molar-refractivity contribution in [3.8, 4) is 0 Å². The number of aliphatic carboxylic acids is 1. The van der Waals surface area contributed by atoms with E-state index >= 15 is 0 Å². The normalized spacial score (nSPS) is 17.4. The summed E-state index contributed by atoms with van der Waals surface area (Å²) in [6.45, 7) is 8.84. The minimum atomic E-state index is -1.07. The second kappa shape index (κ2) is 7.35. The first-order valence-corrected chi connectivity index (χ1v) is 8.69. The van der Waals surface area contributed by atoms with Crippen LogP contribution < -0.4 is 10.2 Å². The second-order valence-corrected chi connectivity index (χ2v) is 7.45. The monoisotopic (exact) mass is 362 g/mol. The fourth-order valence-electron chi connectivity index (χ4n) is 3.06. The van der Waals surface area contributed by atoms with Gasteiger partial charge >= 0.3 is 12.1 Å². The SMILES string of the molecule is CC[C@H](NC(=O)OC(C)(C)C)C(=O)N1c2cccc(C)c2CC1C(=O)O. The Labute approximate surface area is 153 Å². The van der Waals surface area contributed by atoms with E-state index in [0.29, 0.717) is 12.1 Å². The number of carboxylic acids is 1. The summed E-state index contributed by atoms with van der Waals surface area (Å²) in [6, 6.07) is 3.58. The number of fused-ring (bicyclic) bond motifs is 1. The minimum Gasteiger partial charge on any atom is -0.480 e. The molecule has 1 aliphatic heterocycles. The third kappa shape index (κ3) is 4.15. The number of carbonyl (C=O) groups excluding carboxylic acids is 2. The first-order valence-electron chi connectivity index (χ1n) is 8.69. The van der Waals surface area contributed by atoms with Crippen LogP contribution in [0.5, 0.6) is 0 Å². The van der Waals surface area contributed by atoms with Crippen molar-refractivity contribution >= 4 is 23.7 Å². The molecular weight excluding hydrogens is 336 g/mol. The quantitative estimate of drug-likeness (QED) is 0.858. The van der Waals surface area contributed by atoms with Crippen LogP contribution in [0.3, 0.4) is 0 Å². The van der Waals surface area contributed by atoms with Crippen molar-refractivity contribution in [3.05, 3.63) is 29.3 Å². The van der Waals surface area contributed by atoms with Gasteiger partial charge in [0.1, 0.15) is 17.7 Å². The number of aryl methyl sites for hydroxylation is 1. The van der Waals surface area contributed by atoms with E-state index < -0.39 is 35.7 Å². The highest BCUT2D eigenvalue weighted by Gasteiger charge is 2.41. The Hall–Kier alpha value is -2.57. The number of amides is 2. The molecule has 7 heteroatoms. The van der Waals surface area contributed by atoms with E-state index in [2.05, 4.69) is 5.32 Å². The van der Waals surface area contributed by atoms with Crippen LogP contribution in [0.4, 0.5) is 10.5 Å². The maximum Gasteiger partial charge on any atom is 0.408 e. The molecule has 2 amide bonds. The van der Waals surface area contributed by atoms with Crippen LogP contribution in [0.25, 0.3) is 0 Å². The van der Waals surface area contributed by atoms with Crippen molar-refractivity contribution in [2.75, 3.05) is 4.90 Å². The van der Waals surface area contributed by atoms with E-state index in [0.717, 1.165) is 11.1 Å². The molecule has 0 saturated carbocycles. The van der Waals surface area contributed by atoms with Gasteiger partial charge in [-0.15, -0.1) is 0 Å². The summed E-state index contributed by atoms with van der Waals surface area (Å²) in [6.07, 6.45) is -0.123. The number of anilines is 1. The number of carboxylic acid groups (broad SMARTS) is 1. The zero-order chi connectivity index (χ0) is 19.6. The van der Waals surface area contributed by atoms with E-state index in [4.69, 9.17) is 4.74 Å². The first-order chi connectivity index (χ1) is 12.0. The Bertz CT molecular complexity index is 723. The van der Waals surface area contributed by atoms with Crippen LogP contribution in [0.1, 0.15) is 45.2 Å². The number of alkyl carbamates (subject to hydrolysis) is 1. The summed E-state index contributed by atoms with van der Waals surface area (Å²) in [7, 11) is 0. The molecule has 0 aliphatic carbocycles. The van der Waals surface area contributed by atoms with Crippen molar-refractivity contribution in [2.24, 2.45) is 0 Å². The zero-order valence-corrected chi connectivity index (χ0v) is 15.8. The lowest BCUT2D eigenvalue weighted by molar-refractivity contribution is -0.140. The fourth-order valence-corrected chi connectivity index (χ4v) is 3.06. The summed E-state index contributed by atoms with van der Waals surface area (Å²) in [5.41, 5.74) is 1.69. The topological polar surface area (TPSA) is 95.9 Å². The Balaban J connectivity index is 2.28. The van der Waals surface area contributed by atoms with Gasteiger partial charge in [-0.25, -0.2) is 9.59 Å². The summed E-state index contributed by atoms with van der Waals surface area (Å²) in [5, 5.41) is 12.1. The van der Waals surface area contributed by atoms with Crippen molar-refractivity contribution in [1.29, 1.82) is 0 Å². The average Bonchev–Trinajstić information content (AvgIpc) is 2.91. The predicted molar refractivity (Wildman–Crippen MR) is 97.2 cm³/mol. The van der Waals surface area contributed by atoms with Gasteiger partial charge < -0.3 is 15.2 Å². The van der Waals surface area contributed by atoms with Gasteiger partial charge in [-0.3, -0.25) is 9.69 Å². The molecule has 1 heterocycles.